The van der Waals surface area contributed by atoms with E-state index in [1.165, 1.54) is 17.2 Å². The van der Waals surface area contributed by atoms with Gasteiger partial charge in [0.05, 0.1) is 6.54 Å². The molecule has 3 atom stereocenters. The Balaban J connectivity index is 1.81. The molecule has 2 amide bonds. The van der Waals surface area contributed by atoms with E-state index in [0.717, 1.165) is 25.8 Å². The van der Waals surface area contributed by atoms with Crippen molar-refractivity contribution in [2.75, 3.05) is 6.54 Å². The van der Waals surface area contributed by atoms with E-state index in [-0.39, 0.29) is 29.4 Å². The Morgan fingerprint density at radius 3 is 2.79 bits per heavy atom. The Morgan fingerprint density at radius 2 is 2.04 bits per heavy atom. The Kier molecular flexibility index (Phi) is 3.38. The molecule has 1 aromatic heterocycles. The van der Waals surface area contributed by atoms with Gasteiger partial charge in [0.25, 0.3) is 11.8 Å². The van der Waals surface area contributed by atoms with Crippen LogP contribution in [0, 0.1) is 5.92 Å². The summed E-state index contributed by atoms with van der Waals surface area (Å²) in [5.41, 5.74) is 3.96. The molecule has 4 N–H and O–H groups in total. The van der Waals surface area contributed by atoms with Gasteiger partial charge in [-0.05, 0) is 18.8 Å². The summed E-state index contributed by atoms with van der Waals surface area (Å²) < 4.78 is 1.47. The molecule has 8 heteroatoms. The van der Waals surface area contributed by atoms with Gasteiger partial charge >= 0.3 is 0 Å². The fourth-order valence-corrected chi connectivity index (χ4v) is 4.36. The number of nitrogens with one attached hydrogen (secondary N) is 1. The SMILES string of the molecule is NC(=O)c1cn2c(c(O)c1=O)C(=O)N1C(C2)NCC2CCCCC21. The predicted octanol–water partition coefficient (Wildman–Crippen LogP) is -0.403. The molecule has 3 heterocycles. The standard InChI is InChI=1S/C16H20N4O4/c17-15(23)9-6-19-7-11-18-5-8-3-1-2-4-10(8)20(11)16(24)12(19)14(22)13(9)21/h6,8,10-11,18,22H,1-5,7H2,(H2,17,23). The number of fused-ring (bicyclic) bond motifs is 4. The lowest BCUT2D eigenvalue weighted by Crippen LogP contribution is -2.66. The molecule has 4 rings (SSSR count). The van der Waals surface area contributed by atoms with Crippen LogP contribution in [-0.4, -0.2) is 45.1 Å². The highest BCUT2D eigenvalue weighted by Gasteiger charge is 2.45. The molecule has 1 saturated heterocycles. The van der Waals surface area contributed by atoms with Crippen molar-refractivity contribution in [1.29, 1.82) is 0 Å². The van der Waals surface area contributed by atoms with Gasteiger partial charge in [-0.2, -0.15) is 0 Å². The number of carbonyl (C=O) groups is 2. The summed E-state index contributed by atoms with van der Waals surface area (Å²) in [5, 5.41) is 13.6. The third-order valence-electron chi connectivity index (χ3n) is 5.51. The lowest BCUT2D eigenvalue weighted by molar-refractivity contribution is -0.00343. The van der Waals surface area contributed by atoms with Crippen LogP contribution in [0.5, 0.6) is 5.75 Å². The number of nitrogens with two attached hydrogens (primary N) is 1. The zero-order valence-electron chi connectivity index (χ0n) is 13.2. The molecule has 2 aliphatic heterocycles. The summed E-state index contributed by atoms with van der Waals surface area (Å²) >= 11 is 0. The van der Waals surface area contributed by atoms with Crippen LogP contribution < -0.4 is 16.5 Å². The molecule has 3 aliphatic rings. The first-order chi connectivity index (χ1) is 11.5. The minimum absolute atomic E-state index is 0.0470. The Hall–Kier alpha value is -2.35. The van der Waals surface area contributed by atoms with Gasteiger partial charge in [-0.1, -0.05) is 12.8 Å². The molecular weight excluding hydrogens is 312 g/mol. The van der Waals surface area contributed by atoms with E-state index in [4.69, 9.17) is 5.73 Å². The first-order valence-corrected chi connectivity index (χ1v) is 8.31. The highest BCUT2D eigenvalue weighted by atomic mass is 16.3. The minimum Gasteiger partial charge on any atom is -0.503 e. The van der Waals surface area contributed by atoms with Crippen LogP contribution in [0.1, 0.15) is 46.5 Å². The van der Waals surface area contributed by atoms with Crippen LogP contribution in [0.15, 0.2) is 11.0 Å². The van der Waals surface area contributed by atoms with Crippen LogP contribution in [0.4, 0.5) is 0 Å². The van der Waals surface area contributed by atoms with Gasteiger partial charge in [0.1, 0.15) is 11.7 Å². The van der Waals surface area contributed by atoms with Crippen LogP contribution in [0.2, 0.25) is 0 Å². The molecular formula is C16H20N4O4. The third-order valence-corrected chi connectivity index (χ3v) is 5.51. The second-order valence-corrected chi connectivity index (χ2v) is 6.83. The predicted molar refractivity (Wildman–Crippen MR) is 84.6 cm³/mol. The van der Waals surface area contributed by atoms with Gasteiger partial charge < -0.3 is 20.3 Å². The molecule has 128 valence electrons. The summed E-state index contributed by atoms with van der Waals surface area (Å²) in [7, 11) is 0. The van der Waals surface area contributed by atoms with E-state index in [1.807, 2.05) is 0 Å². The molecule has 1 saturated carbocycles. The number of aromatic hydroxyl groups is 1. The van der Waals surface area contributed by atoms with E-state index < -0.39 is 17.1 Å². The highest BCUT2D eigenvalue weighted by Crippen LogP contribution is 2.35. The van der Waals surface area contributed by atoms with Crippen LogP contribution >= 0.6 is 0 Å². The van der Waals surface area contributed by atoms with Crippen molar-refractivity contribution in [1.82, 2.24) is 14.8 Å². The second kappa shape index (κ2) is 5.34. The number of nitrogens with zero attached hydrogens (tertiary/aromatic N) is 2. The fourth-order valence-electron chi connectivity index (χ4n) is 4.36. The van der Waals surface area contributed by atoms with Gasteiger partial charge in [-0.15, -0.1) is 0 Å². The number of carbonyl (C=O) groups excluding carboxylic acids is 2. The molecule has 2 fully saturated rings. The zero-order chi connectivity index (χ0) is 17.0. The van der Waals surface area contributed by atoms with E-state index in [0.29, 0.717) is 12.5 Å². The molecule has 1 aromatic rings. The van der Waals surface area contributed by atoms with Crippen molar-refractivity contribution in [3.05, 3.63) is 27.7 Å². The number of hydrogen-bond acceptors (Lipinski definition) is 5. The maximum Gasteiger partial charge on any atom is 0.276 e. The maximum absolute atomic E-state index is 13.0. The highest BCUT2D eigenvalue weighted by molar-refractivity contribution is 5.98. The van der Waals surface area contributed by atoms with Crippen LogP contribution in [-0.2, 0) is 6.54 Å². The first-order valence-electron chi connectivity index (χ1n) is 8.31. The minimum atomic E-state index is -0.913. The first kappa shape index (κ1) is 15.2. The van der Waals surface area contributed by atoms with Crippen molar-refractivity contribution >= 4 is 11.8 Å². The van der Waals surface area contributed by atoms with Crippen LogP contribution in [0.3, 0.4) is 0 Å². The van der Waals surface area contributed by atoms with E-state index in [2.05, 4.69) is 5.32 Å². The Labute approximate surface area is 138 Å². The summed E-state index contributed by atoms with van der Waals surface area (Å²) in [6.45, 7) is 1.22. The van der Waals surface area contributed by atoms with E-state index in [1.54, 1.807) is 4.90 Å². The number of aromatic nitrogens is 1. The molecule has 8 nitrogen and oxygen atoms in total. The average molecular weight is 332 g/mol. The van der Waals surface area contributed by atoms with Crippen molar-refractivity contribution in [2.45, 2.75) is 44.4 Å². The lowest BCUT2D eigenvalue weighted by Gasteiger charge is -2.51. The van der Waals surface area contributed by atoms with E-state index in [9.17, 15) is 19.5 Å². The van der Waals surface area contributed by atoms with Crippen molar-refractivity contribution in [2.24, 2.45) is 11.7 Å². The third kappa shape index (κ3) is 2.06. The fraction of sp³-hybridized carbons (Fsp3) is 0.562. The molecule has 0 radical (unpaired) electrons. The largest absolute Gasteiger partial charge is 0.503 e. The maximum atomic E-state index is 13.0. The Bertz CT molecular complexity index is 787. The van der Waals surface area contributed by atoms with Gasteiger partial charge in [0.15, 0.2) is 11.4 Å². The second-order valence-electron chi connectivity index (χ2n) is 6.83. The molecule has 3 unspecified atom stereocenters. The molecule has 0 spiro atoms. The molecule has 0 bridgehead atoms. The number of pyridine rings is 1. The van der Waals surface area contributed by atoms with Crippen molar-refractivity contribution in [3.8, 4) is 5.75 Å². The number of hydrogen-bond donors (Lipinski definition) is 3. The van der Waals surface area contributed by atoms with Gasteiger partial charge in [-0.25, -0.2) is 0 Å². The van der Waals surface area contributed by atoms with Crippen LogP contribution in [0.25, 0.3) is 0 Å². The smallest absolute Gasteiger partial charge is 0.276 e. The topological polar surface area (TPSA) is 118 Å². The van der Waals surface area contributed by atoms with E-state index >= 15 is 0 Å². The molecule has 24 heavy (non-hydrogen) atoms. The molecule has 0 aromatic carbocycles. The van der Waals surface area contributed by atoms with Crippen molar-refractivity contribution in [3.63, 3.8) is 0 Å². The summed E-state index contributed by atoms with van der Waals surface area (Å²) in [5.74, 6) is -1.55. The number of rotatable bonds is 1. The zero-order valence-corrected chi connectivity index (χ0v) is 13.2. The van der Waals surface area contributed by atoms with Gasteiger partial charge in [0.2, 0.25) is 5.43 Å². The normalized spacial score (nSPS) is 28.8. The Morgan fingerprint density at radius 1 is 1.29 bits per heavy atom. The molecule has 1 aliphatic carbocycles. The monoisotopic (exact) mass is 332 g/mol. The summed E-state index contributed by atoms with van der Waals surface area (Å²) in [6.07, 6.45) is 5.35. The van der Waals surface area contributed by atoms with Crippen molar-refractivity contribution < 1.29 is 14.7 Å². The van der Waals surface area contributed by atoms with Gasteiger partial charge in [-0.3, -0.25) is 19.7 Å². The number of primary amides is 1. The summed E-state index contributed by atoms with van der Waals surface area (Å²) in [6, 6.07) is 0.136. The lowest BCUT2D eigenvalue weighted by atomic mass is 9.81. The summed E-state index contributed by atoms with van der Waals surface area (Å²) in [4.78, 5) is 38.3. The quantitative estimate of drug-likeness (QED) is 0.646. The number of amides is 2. The van der Waals surface area contributed by atoms with Gasteiger partial charge in [0, 0.05) is 18.8 Å². The average Bonchev–Trinajstić information content (AvgIpc) is 2.57.